The van der Waals surface area contributed by atoms with E-state index in [1.807, 2.05) is 0 Å². The quantitative estimate of drug-likeness (QED) is 0.838. The summed E-state index contributed by atoms with van der Waals surface area (Å²) >= 11 is 0. The zero-order valence-electron chi connectivity index (χ0n) is 13.1. The number of carbonyl (C=O) groups excluding carboxylic acids is 1. The first-order valence-electron chi connectivity index (χ1n) is 7.35. The van der Waals surface area contributed by atoms with Gasteiger partial charge in [-0.15, -0.1) is 12.4 Å². The predicted molar refractivity (Wildman–Crippen MR) is 85.4 cm³/mol. The Balaban J connectivity index is 0.00000288. The summed E-state index contributed by atoms with van der Waals surface area (Å²) in [5.41, 5.74) is 4.60. The lowest BCUT2D eigenvalue weighted by Gasteiger charge is -2.17. The summed E-state index contributed by atoms with van der Waals surface area (Å²) in [7, 11) is 0. The molecule has 1 saturated heterocycles. The number of ether oxygens (including phenoxy) is 2. The van der Waals surface area contributed by atoms with E-state index < -0.39 is 23.8 Å². The van der Waals surface area contributed by atoms with Crippen LogP contribution in [0, 0.1) is 0 Å². The number of hydrogen-bond donors (Lipinski definition) is 2. The van der Waals surface area contributed by atoms with Gasteiger partial charge in [0.05, 0.1) is 24.0 Å². The minimum Gasteiger partial charge on any atom is -0.492 e. The van der Waals surface area contributed by atoms with Gasteiger partial charge < -0.3 is 20.5 Å². The molecule has 136 valence electrons. The van der Waals surface area contributed by atoms with E-state index in [-0.39, 0.29) is 36.6 Å². The molecule has 1 heterocycles. The van der Waals surface area contributed by atoms with E-state index in [1.54, 1.807) is 6.92 Å². The zero-order chi connectivity index (χ0) is 17.0. The van der Waals surface area contributed by atoms with Crippen molar-refractivity contribution in [2.24, 2.45) is 5.73 Å². The van der Waals surface area contributed by atoms with Crippen LogP contribution in [0.15, 0.2) is 18.2 Å². The van der Waals surface area contributed by atoms with E-state index in [4.69, 9.17) is 15.2 Å². The van der Waals surface area contributed by atoms with Gasteiger partial charge in [0, 0.05) is 6.54 Å². The van der Waals surface area contributed by atoms with Gasteiger partial charge in [-0.25, -0.2) is 0 Å². The smallest absolute Gasteiger partial charge is 0.416 e. The van der Waals surface area contributed by atoms with Crippen LogP contribution < -0.4 is 15.8 Å². The highest BCUT2D eigenvalue weighted by atomic mass is 35.5. The monoisotopic (exact) mass is 368 g/mol. The first-order valence-corrected chi connectivity index (χ1v) is 7.35. The van der Waals surface area contributed by atoms with E-state index in [0.29, 0.717) is 19.4 Å². The van der Waals surface area contributed by atoms with Gasteiger partial charge in [-0.1, -0.05) is 0 Å². The molecule has 1 fully saturated rings. The first-order chi connectivity index (χ1) is 10.8. The third kappa shape index (κ3) is 4.99. The number of nitrogens with one attached hydrogen (secondary N) is 1. The van der Waals surface area contributed by atoms with Crippen LogP contribution in [0.5, 0.6) is 5.75 Å². The number of anilines is 1. The van der Waals surface area contributed by atoms with Crippen LogP contribution in [-0.2, 0) is 15.7 Å². The van der Waals surface area contributed by atoms with Crippen molar-refractivity contribution in [1.82, 2.24) is 0 Å². The largest absolute Gasteiger partial charge is 0.492 e. The van der Waals surface area contributed by atoms with Crippen LogP contribution in [0.25, 0.3) is 0 Å². The molecule has 1 amide bonds. The molecule has 0 bridgehead atoms. The maximum Gasteiger partial charge on any atom is 0.416 e. The van der Waals surface area contributed by atoms with Gasteiger partial charge >= 0.3 is 6.18 Å². The maximum atomic E-state index is 12.8. The Morgan fingerprint density at radius 3 is 2.67 bits per heavy atom. The van der Waals surface area contributed by atoms with Gasteiger partial charge in [-0.05, 0) is 38.0 Å². The van der Waals surface area contributed by atoms with Crippen molar-refractivity contribution >= 4 is 24.0 Å². The van der Waals surface area contributed by atoms with Gasteiger partial charge in [-0.2, -0.15) is 13.2 Å². The van der Waals surface area contributed by atoms with Crippen molar-refractivity contribution in [3.8, 4) is 5.75 Å². The second kappa shape index (κ2) is 8.55. The fourth-order valence-corrected chi connectivity index (χ4v) is 2.37. The summed E-state index contributed by atoms with van der Waals surface area (Å²) in [5.74, 6) is -0.316. The number of benzene rings is 1. The van der Waals surface area contributed by atoms with Crippen LogP contribution in [0.3, 0.4) is 0 Å². The zero-order valence-corrected chi connectivity index (χ0v) is 13.9. The molecule has 0 unspecified atom stereocenters. The molecule has 1 aliphatic rings. The molecule has 24 heavy (non-hydrogen) atoms. The first kappa shape index (κ1) is 20.5. The van der Waals surface area contributed by atoms with Crippen molar-refractivity contribution < 1.29 is 27.4 Å². The number of rotatable bonds is 5. The third-order valence-corrected chi connectivity index (χ3v) is 3.53. The lowest BCUT2D eigenvalue weighted by atomic mass is 10.1. The average Bonchev–Trinajstić information content (AvgIpc) is 2.97. The molecular weight excluding hydrogens is 349 g/mol. The van der Waals surface area contributed by atoms with Crippen molar-refractivity contribution in [2.75, 3.05) is 18.5 Å². The summed E-state index contributed by atoms with van der Waals surface area (Å²) in [5, 5.41) is 2.46. The van der Waals surface area contributed by atoms with Crippen molar-refractivity contribution in [2.45, 2.75) is 38.1 Å². The third-order valence-electron chi connectivity index (χ3n) is 3.53. The van der Waals surface area contributed by atoms with E-state index in [1.165, 1.54) is 6.07 Å². The predicted octanol–water partition coefficient (Wildman–Crippen LogP) is 2.97. The normalized spacial score (nSPS) is 20.4. The van der Waals surface area contributed by atoms with Gasteiger partial charge in [0.15, 0.2) is 0 Å². The summed E-state index contributed by atoms with van der Waals surface area (Å²) < 4.78 is 49.2. The number of alkyl halides is 3. The maximum absolute atomic E-state index is 12.8. The van der Waals surface area contributed by atoms with Crippen molar-refractivity contribution in [3.63, 3.8) is 0 Å². The minimum atomic E-state index is -4.50. The molecule has 3 N–H and O–H groups in total. The van der Waals surface area contributed by atoms with Crippen molar-refractivity contribution in [3.05, 3.63) is 23.8 Å². The van der Waals surface area contributed by atoms with Gasteiger partial charge in [0.2, 0.25) is 0 Å². The highest BCUT2D eigenvalue weighted by Gasteiger charge is 2.33. The number of amides is 1. The molecule has 0 radical (unpaired) electrons. The summed E-state index contributed by atoms with van der Waals surface area (Å²) in [4.78, 5) is 12.2. The Labute approximate surface area is 144 Å². The summed E-state index contributed by atoms with van der Waals surface area (Å²) in [6.45, 7) is 2.27. The van der Waals surface area contributed by atoms with E-state index >= 15 is 0 Å². The number of halogens is 4. The SMILES string of the molecule is CCOc1ccc(C(F)(F)F)cc1NC(=O)[C@@H]1CC[C@H](CN)O1.Cl. The molecule has 2 atom stereocenters. The highest BCUT2D eigenvalue weighted by molar-refractivity contribution is 5.95. The average molecular weight is 369 g/mol. The fourth-order valence-electron chi connectivity index (χ4n) is 2.37. The Bertz CT molecular complexity index is 569. The van der Waals surface area contributed by atoms with Crippen molar-refractivity contribution in [1.29, 1.82) is 0 Å². The van der Waals surface area contributed by atoms with E-state index in [9.17, 15) is 18.0 Å². The van der Waals surface area contributed by atoms with E-state index in [0.717, 1.165) is 12.1 Å². The standard InChI is InChI=1S/C15H19F3N2O3.ClH/c1-2-22-12-5-3-9(15(16,17)18)7-11(12)20-14(21)13-6-4-10(8-19)23-13;/h3,5,7,10,13H,2,4,6,8,19H2,1H3,(H,20,21);1H/t10-,13+;/m1./s1. The summed E-state index contributed by atoms with van der Waals surface area (Å²) in [6.07, 6.45) is -4.28. The topological polar surface area (TPSA) is 73.6 Å². The molecule has 2 rings (SSSR count). The molecule has 9 heteroatoms. The van der Waals surface area contributed by atoms with Gasteiger partial charge in [0.25, 0.3) is 5.91 Å². The highest BCUT2D eigenvalue weighted by Crippen LogP contribution is 2.35. The second-order valence-electron chi connectivity index (χ2n) is 5.19. The lowest BCUT2D eigenvalue weighted by molar-refractivity contribution is -0.137. The molecule has 0 spiro atoms. The Hall–Kier alpha value is -1.51. The summed E-state index contributed by atoms with van der Waals surface area (Å²) in [6, 6.07) is 2.97. The fraction of sp³-hybridized carbons (Fsp3) is 0.533. The van der Waals surface area contributed by atoms with Gasteiger partial charge in [0.1, 0.15) is 11.9 Å². The van der Waals surface area contributed by atoms with Crippen LogP contribution in [-0.4, -0.2) is 31.3 Å². The molecular formula is C15H20ClF3N2O3. The van der Waals surface area contributed by atoms with E-state index in [2.05, 4.69) is 5.32 Å². The second-order valence-corrected chi connectivity index (χ2v) is 5.19. The molecule has 1 aromatic rings. The number of hydrogen-bond acceptors (Lipinski definition) is 4. The Morgan fingerprint density at radius 1 is 1.42 bits per heavy atom. The van der Waals surface area contributed by atoms with Crippen LogP contribution in [0.1, 0.15) is 25.3 Å². The Morgan fingerprint density at radius 2 is 2.12 bits per heavy atom. The Kier molecular flexibility index (Phi) is 7.31. The van der Waals surface area contributed by atoms with Crippen LogP contribution in [0.2, 0.25) is 0 Å². The molecule has 0 saturated carbocycles. The van der Waals surface area contributed by atoms with Crippen LogP contribution >= 0.6 is 12.4 Å². The van der Waals surface area contributed by atoms with Crippen LogP contribution in [0.4, 0.5) is 18.9 Å². The minimum absolute atomic E-state index is 0. The molecule has 0 aliphatic carbocycles. The number of nitrogens with two attached hydrogens (primary N) is 1. The molecule has 1 aliphatic heterocycles. The lowest BCUT2D eigenvalue weighted by Crippen LogP contribution is -2.30. The molecule has 0 aromatic heterocycles. The molecule has 1 aromatic carbocycles. The molecule has 5 nitrogen and oxygen atoms in total. The van der Waals surface area contributed by atoms with Gasteiger partial charge in [-0.3, -0.25) is 4.79 Å². The number of carbonyl (C=O) groups is 1.